The molecule has 0 aliphatic heterocycles. The van der Waals surface area contributed by atoms with Crippen molar-refractivity contribution in [1.82, 2.24) is 5.32 Å². The first-order valence-corrected chi connectivity index (χ1v) is 7.26. The van der Waals surface area contributed by atoms with Crippen LogP contribution in [0.5, 0.6) is 5.75 Å². The van der Waals surface area contributed by atoms with Gasteiger partial charge >= 0.3 is 6.18 Å². The van der Waals surface area contributed by atoms with Gasteiger partial charge in [0.05, 0.1) is 11.7 Å². The van der Waals surface area contributed by atoms with E-state index in [9.17, 15) is 27.5 Å². The minimum absolute atomic E-state index is 0.0825. The Morgan fingerprint density at radius 2 is 1.76 bits per heavy atom. The second-order valence-corrected chi connectivity index (χ2v) is 5.16. The summed E-state index contributed by atoms with van der Waals surface area (Å²) in [6, 6.07) is 9.53. The SMILES string of the molecule is O=C(COc1ccccc1F)NC[C@@H](O)c1ccc(C(F)(F)F)cc1. The fraction of sp³-hybridized carbons (Fsp3) is 0.235. The van der Waals surface area contributed by atoms with Crippen molar-refractivity contribution in [1.29, 1.82) is 0 Å². The third kappa shape index (κ3) is 5.46. The number of amides is 1. The zero-order valence-corrected chi connectivity index (χ0v) is 12.9. The van der Waals surface area contributed by atoms with Crippen molar-refractivity contribution in [2.75, 3.05) is 13.2 Å². The van der Waals surface area contributed by atoms with E-state index in [1.54, 1.807) is 6.07 Å². The number of nitrogens with one attached hydrogen (secondary N) is 1. The molecule has 0 aliphatic carbocycles. The molecule has 2 aromatic carbocycles. The summed E-state index contributed by atoms with van der Waals surface area (Å²) in [5, 5.41) is 12.3. The van der Waals surface area contributed by atoms with Gasteiger partial charge in [0.25, 0.3) is 5.91 Å². The molecule has 0 fully saturated rings. The Bertz CT molecular complexity index is 717. The molecule has 2 rings (SSSR count). The van der Waals surface area contributed by atoms with Crippen LogP contribution < -0.4 is 10.1 Å². The Kier molecular flexibility index (Phi) is 5.97. The topological polar surface area (TPSA) is 58.6 Å². The third-order valence-electron chi connectivity index (χ3n) is 3.31. The lowest BCUT2D eigenvalue weighted by atomic mass is 10.1. The lowest BCUT2D eigenvalue weighted by molar-refractivity contribution is -0.137. The van der Waals surface area contributed by atoms with Gasteiger partial charge in [-0.25, -0.2) is 4.39 Å². The Morgan fingerprint density at radius 3 is 2.36 bits per heavy atom. The van der Waals surface area contributed by atoms with E-state index in [4.69, 9.17) is 4.74 Å². The number of alkyl halides is 3. The van der Waals surface area contributed by atoms with Crippen molar-refractivity contribution in [2.45, 2.75) is 12.3 Å². The van der Waals surface area contributed by atoms with Gasteiger partial charge in [-0.05, 0) is 29.8 Å². The number of para-hydroxylation sites is 1. The highest BCUT2D eigenvalue weighted by Gasteiger charge is 2.30. The largest absolute Gasteiger partial charge is 0.481 e. The van der Waals surface area contributed by atoms with Gasteiger partial charge < -0.3 is 15.2 Å². The lowest BCUT2D eigenvalue weighted by Gasteiger charge is -2.14. The molecule has 0 spiro atoms. The van der Waals surface area contributed by atoms with E-state index < -0.39 is 36.2 Å². The number of carbonyl (C=O) groups is 1. The first-order valence-electron chi connectivity index (χ1n) is 7.26. The molecule has 0 saturated carbocycles. The number of carbonyl (C=O) groups excluding carboxylic acids is 1. The van der Waals surface area contributed by atoms with Gasteiger partial charge in [0.15, 0.2) is 18.2 Å². The Balaban J connectivity index is 1.82. The first kappa shape index (κ1) is 18.7. The number of benzene rings is 2. The molecule has 0 aliphatic rings. The van der Waals surface area contributed by atoms with E-state index >= 15 is 0 Å². The molecule has 0 bridgehead atoms. The van der Waals surface area contributed by atoms with Crippen LogP contribution in [0.1, 0.15) is 17.2 Å². The van der Waals surface area contributed by atoms with E-state index in [1.165, 1.54) is 18.2 Å². The first-order chi connectivity index (χ1) is 11.8. The van der Waals surface area contributed by atoms with Crippen molar-refractivity contribution in [3.8, 4) is 5.75 Å². The molecule has 2 aromatic rings. The molecule has 4 nitrogen and oxygen atoms in total. The van der Waals surface area contributed by atoms with Gasteiger partial charge in [0.1, 0.15) is 0 Å². The summed E-state index contributed by atoms with van der Waals surface area (Å²) < 4.78 is 55.7. The lowest BCUT2D eigenvalue weighted by Crippen LogP contribution is -2.32. The highest BCUT2D eigenvalue weighted by molar-refractivity contribution is 5.77. The molecule has 0 heterocycles. The van der Waals surface area contributed by atoms with Crippen molar-refractivity contribution >= 4 is 5.91 Å². The van der Waals surface area contributed by atoms with Crippen LogP contribution in [0.25, 0.3) is 0 Å². The summed E-state index contributed by atoms with van der Waals surface area (Å²) in [5.41, 5.74) is -0.603. The molecular weight excluding hydrogens is 342 g/mol. The number of rotatable bonds is 6. The van der Waals surface area contributed by atoms with Gasteiger partial charge in [-0.3, -0.25) is 4.79 Å². The summed E-state index contributed by atoms with van der Waals surface area (Å²) in [6.07, 6.45) is -5.64. The molecular formula is C17H15F4NO3. The molecule has 0 aromatic heterocycles. The highest BCUT2D eigenvalue weighted by Crippen LogP contribution is 2.29. The van der Waals surface area contributed by atoms with Crippen molar-refractivity contribution in [2.24, 2.45) is 0 Å². The van der Waals surface area contributed by atoms with Crippen molar-refractivity contribution in [3.05, 3.63) is 65.5 Å². The summed E-state index contributed by atoms with van der Waals surface area (Å²) in [4.78, 5) is 11.6. The average molecular weight is 357 g/mol. The van der Waals surface area contributed by atoms with Crippen LogP contribution in [0.15, 0.2) is 48.5 Å². The van der Waals surface area contributed by atoms with E-state index in [-0.39, 0.29) is 17.9 Å². The minimum Gasteiger partial charge on any atom is -0.481 e. The molecule has 25 heavy (non-hydrogen) atoms. The highest BCUT2D eigenvalue weighted by atomic mass is 19.4. The number of aliphatic hydroxyl groups is 1. The maximum atomic E-state index is 13.3. The zero-order valence-electron chi connectivity index (χ0n) is 12.9. The summed E-state index contributed by atoms with van der Waals surface area (Å²) in [7, 11) is 0. The van der Waals surface area contributed by atoms with Gasteiger partial charge in [-0.1, -0.05) is 24.3 Å². The molecule has 0 unspecified atom stereocenters. The Hall–Kier alpha value is -2.61. The molecule has 0 saturated heterocycles. The van der Waals surface area contributed by atoms with E-state index in [0.717, 1.165) is 24.3 Å². The fourth-order valence-electron chi connectivity index (χ4n) is 1.98. The molecule has 2 N–H and O–H groups in total. The van der Waals surface area contributed by atoms with Crippen LogP contribution in [0.2, 0.25) is 0 Å². The number of hydrogen-bond donors (Lipinski definition) is 2. The standard InChI is InChI=1S/C17H15F4NO3/c18-13-3-1-2-4-15(13)25-10-16(24)22-9-14(23)11-5-7-12(8-6-11)17(19,20)21/h1-8,14,23H,9-10H2,(H,22,24)/t14-/m1/s1. The molecule has 1 amide bonds. The predicted octanol–water partition coefficient (Wildman–Crippen LogP) is 3.07. The monoisotopic (exact) mass is 357 g/mol. The molecule has 1 atom stereocenters. The molecule has 0 radical (unpaired) electrons. The summed E-state index contributed by atoms with van der Waals surface area (Å²) in [6.45, 7) is -0.675. The third-order valence-corrected chi connectivity index (χ3v) is 3.31. The zero-order chi connectivity index (χ0) is 18.4. The van der Waals surface area contributed by atoms with Crippen LogP contribution >= 0.6 is 0 Å². The van der Waals surface area contributed by atoms with Crippen LogP contribution in [-0.2, 0) is 11.0 Å². The Morgan fingerprint density at radius 1 is 1.12 bits per heavy atom. The van der Waals surface area contributed by atoms with Gasteiger partial charge in [-0.2, -0.15) is 13.2 Å². The number of aliphatic hydroxyl groups excluding tert-OH is 1. The second-order valence-electron chi connectivity index (χ2n) is 5.16. The van der Waals surface area contributed by atoms with Gasteiger partial charge in [0, 0.05) is 6.54 Å². The van der Waals surface area contributed by atoms with Crippen molar-refractivity contribution < 1.29 is 32.2 Å². The molecule has 134 valence electrons. The van der Waals surface area contributed by atoms with Crippen LogP contribution in [0.3, 0.4) is 0 Å². The Labute approximate surface area is 141 Å². The maximum Gasteiger partial charge on any atom is 0.416 e. The van der Waals surface area contributed by atoms with Crippen molar-refractivity contribution in [3.63, 3.8) is 0 Å². The van der Waals surface area contributed by atoms with Gasteiger partial charge in [-0.15, -0.1) is 0 Å². The molecule has 8 heteroatoms. The summed E-state index contributed by atoms with van der Waals surface area (Å²) in [5.74, 6) is -1.30. The smallest absolute Gasteiger partial charge is 0.416 e. The van der Waals surface area contributed by atoms with Gasteiger partial charge in [0.2, 0.25) is 0 Å². The van der Waals surface area contributed by atoms with Crippen LogP contribution in [0, 0.1) is 5.82 Å². The van der Waals surface area contributed by atoms with Crippen LogP contribution in [0.4, 0.5) is 17.6 Å². The number of hydrogen-bond acceptors (Lipinski definition) is 3. The van der Waals surface area contributed by atoms with E-state index in [1.807, 2.05) is 0 Å². The maximum absolute atomic E-state index is 13.3. The fourth-order valence-corrected chi connectivity index (χ4v) is 1.98. The normalized spacial score (nSPS) is 12.5. The van der Waals surface area contributed by atoms with E-state index in [2.05, 4.69) is 5.32 Å². The van der Waals surface area contributed by atoms with Crippen LogP contribution in [-0.4, -0.2) is 24.2 Å². The number of halogens is 4. The van der Waals surface area contributed by atoms with E-state index in [0.29, 0.717) is 0 Å². The second kappa shape index (κ2) is 7.98. The predicted molar refractivity (Wildman–Crippen MR) is 81.3 cm³/mol. The number of ether oxygens (including phenoxy) is 1. The average Bonchev–Trinajstić information content (AvgIpc) is 2.58. The quantitative estimate of drug-likeness (QED) is 0.782. The summed E-state index contributed by atoms with van der Waals surface area (Å²) >= 11 is 0. The minimum atomic E-state index is -4.46.